The number of aliphatic hydroxyl groups excluding tert-OH is 1. The number of ether oxygens (including phenoxy) is 1. The van der Waals surface area contributed by atoms with Gasteiger partial charge in [0.05, 0.1) is 19.3 Å². The lowest BCUT2D eigenvalue weighted by Gasteiger charge is -2.21. The smallest absolute Gasteiger partial charge is 0.321 e. The molecule has 2 N–H and O–H groups in total. The Balaban J connectivity index is 2.71. The van der Waals surface area contributed by atoms with Crippen LogP contribution in [0, 0.1) is 11.6 Å². The van der Waals surface area contributed by atoms with Gasteiger partial charge in [-0.25, -0.2) is 13.6 Å². The number of likely N-dealkylation sites (N-methyl/N-ethyl adjacent to an activating group) is 1. The van der Waals surface area contributed by atoms with E-state index in [0.29, 0.717) is 0 Å². The topological polar surface area (TPSA) is 61.8 Å². The summed E-state index contributed by atoms with van der Waals surface area (Å²) in [6, 6.07) is 1.01. The lowest BCUT2D eigenvalue weighted by atomic mass is 10.3. The van der Waals surface area contributed by atoms with Crippen LogP contribution in [0.3, 0.4) is 0 Å². The molecule has 0 aliphatic carbocycles. The third kappa shape index (κ3) is 4.59. The maximum Gasteiger partial charge on any atom is 0.321 e. The summed E-state index contributed by atoms with van der Waals surface area (Å²) >= 11 is 5.47. The molecule has 0 spiro atoms. The quantitative estimate of drug-likeness (QED) is 0.875. The van der Waals surface area contributed by atoms with Crippen LogP contribution in [0.25, 0.3) is 0 Å². The first kappa shape index (κ1) is 16.6. The molecule has 2 amide bonds. The summed E-state index contributed by atoms with van der Waals surface area (Å²) in [6.07, 6.45) is -0.893. The van der Waals surface area contributed by atoms with Crippen LogP contribution in [-0.4, -0.2) is 49.5 Å². The molecular formula is C12H15ClF2N2O3. The molecule has 1 unspecified atom stereocenters. The van der Waals surface area contributed by atoms with Gasteiger partial charge in [0, 0.05) is 19.2 Å². The summed E-state index contributed by atoms with van der Waals surface area (Å²) < 4.78 is 31.7. The molecule has 8 heteroatoms. The van der Waals surface area contributed by atoms with E-state index in [0.717, 1.165) is 17.0 Å². The molecule has 0 aliphatic heterocycles. The zero-order valence-electron chi connectivity index (χ0n) is 11.0. The Morgan fingerprint density at radius 1 is 1.50 bits per heavy atom. The summed E-state index contributed by atoms with van der Waals surface area (Å²) in [5, 5.41) is 11.4. The predicted molar refractivity (Wildman–Crippen MR) is 70.9 cm³/mol. The highest BCUT2D eigenvalue weighted by molar-refractivity contribution is 6.30. The standard InChI is InChI=1S/C12H15ClF2N2O3/c1-17(5-8(18)6-20-2)12(19)16-11-9(14)3-7(13)4-10(11)15/h3-4,8,18H,5-6H2,1-2H3,(H,16,19). The van der Waals surface area contributed by atoms with Crippen LogP contribution in [0.2, 0.25) is 5.02 Å². The van der Waals surface area contributed by atoms with Crippen molar-refractivity contribution >= 4 is 23.3 Å². The Morgan fingerprint density at radius 3 is 2.55 bits per heavy atom. The minimum Gasteiger partial charge on any atom is -0.389 e. The Kier molecular flexibility index (Phi) is 6.12. The second kappa shape index (κ2) is 7.37. The Morgan fingerprint density at radius 2 is 2.05 bits per heavy atom. The van der Waals surface area contributed by atoms with Crippen molar-refractivity contribution in [2.45, 2.75) is 6.10 Å². The van der Waals surface area contributed by atoms with Crippen molar-refractivity contribution in [1.29, 1.82) is 0 Å². The number of nitrogens with one attached hydrogen (secondary N) is 1. The van der Waals surface area contributed by atoms with Crippen molar-refractivity contribution in [3.05, 3.63) is 28.8 Å². The van der Waals surface area contributed by atoms with Gasteiger partial charge in [-0.05, 0) is 12.1 Å². The average molecular weight is 309 g/mol. The van der Waals surface area contributed by atoms with Gasteiger partial charge in [0.15, 0.2) is 11.6 Å². The number of amides is 2. The highest BCUT2D eigenvalue weighted by atomic mass is 35.5. The largest absolute Gasteiger partial charge is 0.389 e. The molecule has 0 saturated carbocycles. The third-order valence-corrected chi connectivity index (χ3v) is 2.65. The van der Waals surface area contributed by atoms with Crippen molar-refractivity contribution in [1.82, 2.24) is 4.90 Å². The molecule has 0 bridgehead atoms. The number of hydrogen-bond acceptors (Lipinski definition) is 3. The molecule has 20 heavy (non-hydrogen) atoms. The maximum absolute atomic E-state index is 13.5. The van der Waals surface area contributed by atoms with E-state index in [-0.39, 0.29) is 18.2 Å². The Bertz CT molecular complexity index is 465. The van der Waals surface area contributed by atoms with Crippen molar-refractivity contribution in [2.75, 3.05) is 32.6 Å². The van der Waals surface area contributed by atoms with E-state index in [1.807, 2.05) is 0 Å². The fourth-order valence-electron chi connectivity index (χ4n) is 1.51. The van der Waals surface area contributed by atoms with Crippen molar-refractivity contribution in [2.24, 2.45) is 0 Å². The van der Waals surface area contributed by atoms with Crippen LogP contribution in [0.5, 0.6) is 0 Å². The average Bonchev–Trinajstić information content (AvgIpc) is 2.33. The molecule has 0 radical (unpaired) electrons. The van der Waals surface area contributed by atoms with Crippen LogP contribution >= 0.6 is 11.6 Å². The Hall–Kier alpha value is -1.44. The molecule has 1 atom stereocenters. The monoisotopic (exact) mass is 308 g/mol. The fraction of sp³-hybridized carbons (Fsp3) is 0.417. The minimum absolute atomic E-state index is 0.0429. The van der Waals surface area contributed by atoms with E-state index < -0.39 is 29.5 Å². The van der Waals surface area contributed by atoms with E-state index >= 15 is 0 Å². The molecular weight excluding hydrogens is 294 g/mol. The number of urea groups is 1. The maximum atomic E-state index is 13.5. The predicted octanol–water partition coefficient (Wildman–Crippen LogP) is 2.09. The molecule has 0 aliphatic rings. The van der Waals surface area contributed by atoms with Crippen LogP contribution in [0.15, 0.2) is 12.1 Å². The van der Waals surface area contributed by atoms with Crippen molar-refractivity contribution in [3.63, 3.8) is 0 Å². The van der Waals surface area contributed by atoms with Crippen LogP contribution < -0.4 is 5.32 Å². The van der Waals surface area contributed by atoms with E-state index in [1.165, 1.54) is 14.2 Å². The molecule has 1 aromatic carbocycles. The first-order valence-corrected chi connectivity index (χ1v) is 6.06. The normalized spacial score (nSPS) is 12.1. The van der Waals surface area contributed by atoms with E-state index in [1.54, 1.807) is 0 Å². The van der Waals surface area contributed by atoms with Gasteiger partial charge in [0.25, 0.3) is 0 Å². The molecule has 112 valence electrons. The van der Waals surface area contributed by atoms with Crippen LogP contribution in [-0.2, 0) is 4.74 Å². The number of carbonyl (C=O) groups excluding carboxylic acids is 1. The third-order valence-electron chi connectivity index (χ3n) is 2.43. The van der Waals surface area contributed by atoms with Gasteiger partial charge in [-0.3, -0.25) is 0 Å². The zero-order valence-corrected chi connectivity index (χ0v) is 11.7. The lowest BCUT2D eigenvalue weighted by molar-refractivity contribution is 0.0501. The molecule has 0 fully saturated rings. The number of benzene rings is 1. The van der Waals surface area contributed by atoms with E-state index in [2.05, 4.69) is 5.32 Å². The van der Waals surface area contributed by atoms with E-state index in [4.69, 9.17) is 16.3 Å². The highest BCUT2D eigenvalue weighted by Crippen LogP contribution is 2.23. The van der Waals surface area contributed by atoms with Crippen molar-refractivity contribution < 1.29 is 23.4 Å². The van der Waals surface area contributed by atoms with Crippen LogP contribution in [0.1, 0.15) is 0 Å². The highest BCUT2D eigenvalue weighted by Gasteiger charge is 2.18. The second-order valence-corrected chi connectivity index (χ2v) is 4.60. The van der Waals surface area contributed by atoms with Gasteiger partial charge in [0.2, 0.25) is 0 Å². The minimum atomic E-state index is -0.978. The Labute approximate surface area is 120 Å². The number of halogens is 3. The number of carbonyl (C=O) groups is 1. The summed E-state index contributed by atoms with van der Waals surface area (Å²) in [7, 11) is 2.78. The van der Waals surface area contributed by atoms with Gasteiger partial charge in [-0.2, -0.15) is 0 Å². The molecule has 5 nitrogen and oxygen atoms in total. The zero-order chi connectivity index (χ0) is 15.3. The number of aliphatic hydroxyl groups is 1. The summed E-state index contributed by atoms with van der Waals surface area (Å²) in [6.45, 7) is -0.00219. The van der Waals surface area contributed by atoms with Gasteiger partial charge >= 0.3 is 6.03 Å². The summed E-state index contributed by atoms with van der Waals surface area (Å²) in [5.74, 6) is -1.96. The second-order valence-electron chi connectivity index (χ2n) is 4.16. The first-order chi connectivity index (χ1) is 9.35. The number of hydrogen-bond donors (Lipinski definition) is 2. The number of anilines is 1. The van der Waals surface area contributed by atoms with Gasteiger partial charge in [-0.1, -0.05) is 11.6 Å². The SMILES string of the molecule is COCC(O)CN(C)C(=O)Nc1c(F)cc(Cl)cc1F. The van der Waals surface area contributed by atoms with Gasteiger partial charge in [0.1, 0.15) is 5.69 Å². The molecule has 0 saturated heterocycles. The van der Waals surface area contributed by atoms with Gasteiger partial charge in [-0.15, -0.1) is 0 Å². The molecule has 1 aromatic rings. The van der Waals surface area contributed by atoms with Crippen molar-refractivity contribution in [3.8, 4) is 0 Å². The van der Waals surface area contributed by atoms with Crippen LogP contribution in [0.4, 0.5) is 19.3 Å². The van der Waals surface area contributed by atoms with Gasteiger partial charge < -0.3 is 20.1 Å². The number of methoxy groups -OCH3 is 1. The summed E-state index contributed by atoms with van der Waals surface area (Å²) in [4.78, 5) is 12.8. The lowest BCUT2D eigenvalue weighted by Crippen LogP contribution is -2.39. The fourth-order valence-corrected chi connectivity index (χ4v) is 1.70. The summed E-state index contributed by atoms with van der Waals surface area (Å²) in [5.41, 5.74) is -0.590. The first-order valence-electron chi connectivity index (χ1n) is 5.68. The number of nitrogens with zero attached hydrogens (tertiary/aromatic N) is 1. The molecule has 0 aromatic heterocycles. The molecule has 1 rings (SSSR count). The van der Waals surface area contributed by atoms with E-state index in [9.17, 15) is 18.7 Å². The molecule has 0 heterocycles. The number of rotatable bonds is 5.